The van der Waals surface area contributed by atoms with Crippen molar-refractivity contribution in [3.05, 3.63) is 152 Å². The lowest BCUT2D eigenvalue weighted by Crippen LogP contribution is -1.97. The Kier molecular flexibility index (Phi) is 6.15. The number of nitrogens with zero attached hydrogens (tertiary/aromatic N) is 3. The highest BCUT2D eigenvalue weighted by Gasteiger charge is 2.15. The van der Waals surface area contributed by atoms with Crippen LogP contribution in [0, 0.1) is 0 Å². The number of aromatic nitrogens is 3. The van der Waals surface area contributed by atoms with Crippen LogP contribution in [-0.2, 0) is 0 Å². The molecule has 7 aromatic rings. The van der Waals surface area contributed by atoms with Crippen LogP contribution in [0.3, 0.4) is 0 Å². The zero-order valence-corrected chi connectivity index (χ0v) is 21.8. The number of pyridine rings is 1. The van der Waals surface area contributed by atoms with Crippen molar-refractivity contribution in [1.29, 1.82) is 0 Å². The molecule has 0 fully saturated rings. The Bertz CT molecular complexity index is 1940. The van der Waals surface area contributed by atoms with Crippen LogP contribution in [0.15, 0.2) is 152 Å². The van der Waals surface area contributed by atoms with Crippen LogP contribution in [0.1, 0.15) is 0 Å². The summed E-state index contributed by atoms with van der Waals surface area (Å²) in [6, 6.07) is 50.1. The third-order valence-corrected chi connectivity index (χ3v) is 7.15. The summed E-state index contributed by atoms with van der Waals surface area (Å²) in [5, 5.41) is 2.29. The highest BCUT2D eigenvalue weighted by molar-refractivity contribution is 5.95. The predicted molar refractivity (Wildman–Crippen MR) is 165 cm³/mol. The third-order valence-electron chi connectivity index (χ3n) is 7.15. The van der Waals surface area contributed by atoms with E-state index in [4.69, 9.17) is 15.0 Å². The van der Waals surface area contributed by atoms with Gasteiger partial charge < -0.3 is 0 Å². The summed E-state index contributed by atoms with van der Waals surface area (Å²) >= 11 is 0. The molecule has 5 aromatic carbocycles. The van der Waals surface area contributed by atoms with Crippen molar-refractivity contribution in [2.75, 3.05) is 0 Å². The predicted octanol–water partition coefficient (Wildman–Crippen LogP) is 9.36. The Morgan fingerprint density at radius 1 is 0.400 bits per heavy atom. The smallest absolute Gasteiger partial charge is 0.160 e. The Hall–Kier alpha value is -5.41. The average molecular weight is 512 g/mol. The van der Waals surface area contributed by atoms with E-state index >= 15 is 0 Å². The van der Waals surface area contributed by atoms with Crippen molar-refractivity contribution in [3.63, 3.8) is 0 Å². The van der Waals surface area contributed by atoms with Crippen molar-refractivity contribution < 1.29 is 0 Å². The molecule has 7 rings (SSSR count). The molecule has 0 unspecified atom stereocenters. The molecule has 2 heterocycles. The minimum absolute atomic E-state index is 0.682. The largest absolute Gasteiger partial charge is 0.256 e. The summed E-state index contributed by atoms with van der Waals surface area (Å²) in [4.78, 5) is 15.0. The lowest BCUT2D eigenvalue weighted by molar-refractivity contribution is 1.18. The Morgan fingerprint density at radius 3 is 1.85 bits per heavy atom. The summed E-state index contributed by atoms with van der Waals surface area (Å²) < 4.78 is 0. The maximum atomic E-state index is 5.15. The molecule has 0 aliphatic carbocycles. The van der Waals surface area contributed by atoms with Crippen molar-refractivity contribution >= 4 is 10.8 Å². The molecule has 188 valence electrons. The van der Waals surface area contributed by atoms with Gasteiger partial charge in [0.25, 0.3) is 0 Å². The topological polar surface area (TPSA) is 38.7 Å². The Labute approximate surface area is 233 Å². The van der Waals surface area contributed by atoms with Crippen LogP contribution < -0.4 is 0 Å². The first-order valence-corrected chi connectivity index (χ1v) is 13.4. The first-order chi connectivity index (χ1) is 19.8. The summed E-state index contributed by atoms with van der Waals surface area (Å²) in [5.74, 6) is 0.682. The Balaban J connectivity index is 1.42. The molecule has 0 saturated heterocycles. The third kappa shape index (κ3) is 4.55. The van der Waals surface area contributed by atoms with E-state index in [1.54, 1.807) is 0 Å². The van der Waals surface area contributed by atoms with Crippen molar-refractivity contribution in [3.8, 4) is 56.3 Å². The lowest BCUT2D eigenvalue weighted by Gasteiger charge is -2.13. The Morgan fingerprint density at radius 2 is 1.02 bits per heavy atom. The molecular weight excluding hydrogens is 486 g/mol. The van der Waals surface area contributed by atoms with Gasteiger partial charge in [-0.05, 0) is 34.7 Å². The normalized spacial score (nSPS) is 11.0. The summed E-state index contributed by atoms with van der Waals surface area (Å²) in [7, 11) is 0. The van der Waals surface area contributed by atoms with E-state index in [-0.39, 0.29) is 0 Å². The first kappa shape index (κ1) is 23.7. The van der Waals surface area contributed by atoms with Crippen LogP contribution >= 0.6 is 0 Å². The van der Waals surface area contributed by atoms with E-state index in [2.05, 4.69) is 115 Å². The number of benzene rings is 5. The molecule has 0 radical (unpaired) electrons. The van der Waals surface area contributed by atoms with Gasteiger partial charge in [-0.2, -0.15) is 0 Å². The average Bonchev–Trinajstić information content (AvgIpc) is 3.05. The van der Waals surface area contributed by atoms with Crippen molar-refractivity contribution in [1.82, 2.24) is 15.0 Å². The van der Waals surface area contributed by atoms with Gasteiger partial charge in [-0.15, -0.1) is 0 Å². The van der Waals surface area contributed by atoms with Gasteiger partial charge in [-0.3, -0.25) is 4.98 Å². The van der Waals surface area contributed by atoms with Gasteiger partial charge in [0.05, 0.1) is 17.1 Å². The zero-order chi connectivity index (χ0) is 26.7. The maximum absolute atomic E-state index is 5.15. The van der Waals surface area contributed by atoms with Gasteiger partial charge in [0.2, 0.25) is 0 Å². The van der Waals surface area contributed by atoms with Gasteiger partial charge in [-0.1, -0.05) is 127 Å². The number of rotatable bonds is 5. The quantitative estimate of drug-likeness (QED) is 0.231. The van der Waals surface area contributed by atoms with E-state index in [9.17, 15) is 0 Å². The second kappa shape index (κ2) is 10.4. The molecular formula is C37H25N3. The molecule has 0 bridgehead atoms. The first-order valence-electron chi connectivity index (χ1n) is 13.4. The van der Waals surface area contributed by atoms with Gasteiger partial charge >= 0.3 is 0 Å². The molecule has 3 nitrogen and oxygen atoms in total. The molecule has 0 spiro atoms. The van der Waals surface area contributed by atoms with E-state index in [1.807, 2.05) is 36.5 Å². The lowest BCUT2D eigenvalue weighted by atomic mass is 9.96. The fourth-order valence-corrected chi connectivity index (χ4v) is 5.20. The molecule has 0 aliphatic rings. The van der Waals surface area contributed by atoms with Crippen LogP contribution in [-0.4, -0.2) is 15.0 Å². The highest BCUT2D eigenvalue weighted by Crippen LogP contribution is 2.35. The van der Waals surface area contributed by atoms with Crippen molar-refractivity contribution in [2.45, 2.75) is 0 Å². The molecule has 2 aromatic heterocycles. The second-order valence-corrected chi connectivity index (χ2v) is 9.70. The van der Waals surface area contributed by atoms with E-state index in [1.165, 1.54) is 5.39 Å². The standard InChI is InChI=1S/C37H25N3/c1-3-12-26(13-4-1)31-19-9-10-21-33(31)35-25-34(28-15-5-2-6-16-28)39-37(40-35)30-18-11-17-29(24-30)36-32-20-8-7-14-27(32)22-23-38-36/h1-25H. The molecule has 0 amide bonds. The van der Waals surface area contributed by atoms with Crippen LogP contribution in [0.25, 0.3) is 67.1 Å². The molecule has 0 aliphatic heterocycles. The van der Waals surface area contributed by atoms with Crippen LogP contribution in [0.4, 0.5) is 0 Å². The van der Waals surface area contributed by atoms with E-state index in [0.717, 1.165) is 55.8 Å². The number of fused-ring (bicyclic) bond motifs is 1. The second-order valence-electron chi connectivity index (χ2n) is 9.70. The van der Waals surface area contributed by atoms with Gasteiger partial charge in [0.15, 0.2) is 5.82 Å². The minimum Gasteiger partial charge on any atom is -0.256 e. The van der Waals surface area contributed by atoms with Crippen LogP contribution in [0.5, 0.6) is 0 Å². The molecule has 3 heteroatoms. The molecule has 0 atom stereocenters. The van der Waals surface area contributed by atoms with E-state index in [0.29, 0.717) is 5.82 Å². The fourth-order valence-electron chi connectivity index (χ4n) is 5.20. The number of hydrogen-bond acceptors (Lipinski definition) is 3. The molecule has 40 heavy (non-hydrogen) atoms. The summed E-state index contributed by atoms with van der Waals surface area (Å²) in [5.41, 5.74) is 9.13. The van der Waals surface area contributed by atoms with E-state index < -0.39 is 0 Å². The summed E-state index contributed by atoms with van der Waals surface area (Å²) in [6.45, 7) is 0. The summed E-state index contributed by atoms with van der Waals surface area (Å²) in [6.07, 6.45) is 1.87. The monoisotopic (exact) mass is 511 g/mol. The minimum atomic E-state index is 0.682. The number of hydrogen-bond donors (Lipinski definition) is 0. The SMILES string of the molecule is c1ccc(-c2cc(-c3ccccc3-c3ccccc3)nc(-c3cccc(-c4nccc5ccccc45)c3)n2)cc1. The molecule has 0 N–H and O–H groups in total. The van der Waals surface area contributed by atoms with Crippen LogP contribution in [0.2, 0.25) is 0 Å². The van der Waals surface area contributed by atoms with Gasteiger partial charge in [0.1, 0.15) is 0 Å². The highest BCUT2D eigenvalue weighted by atomic mass is 14.9. The van der Waals surface area contributed by atoms with Gasteiger partial charge in [-0.25, -0.2) is 9.97 Å². The maximum Gasteiger partial charge on any atom is 0.160 e. The van der Waals surface area contributed by atoms with Gasteiger partial charge in [0, 0.05) is 33.8 Å². The zero-order valence-electron chi connectivity index (χ0n) is 21.8. The fraction of sp³-hybridized carbons (Fsp3) is 0. The molecule has 0 saturated carbocycles. The van der Waals surface area contributed by atoms with Crippen molar-refractivity contribution in [2.24, 2.45) is 0 Å².